The number of aromatic nitrogens is 1. The number of fused-ring (bicyclic) bond motifs is 7. The lowest BCUT2D eigenvalue weighted by Gasteiger charge is -2.28. The number of para-hydroxylation sites is 5. The average molecular weight is 855 g/mol. The molecule has 0 aliphatic rings. The Hall–Kier alpha value is -8.92. The Morgan fingerprint density at radius 3 is 1.51 bits per heavy atom. The van der Waals surface area contributed by atoms with Gasteiger partial charge in [-0.3, -0.25) is 0 Å². The second kappa shape index (κ2) is 16.0. The van der Waals surface area contributed by atoms with E-state index in [0.29, 0.717) is 0 Å². The van der Waals surface area contributed by atoms with E-state index in [1.54, 1.807) is 0 Å². The molecule has 11 aromatic carbocycles. The molecule has 0 aliphatic heterocycles. The zero-order valence-electron chi connectivity index (χ0n) is 36.6. The van der Waals surface area contributed by atoms with E-state index in [9.17, 15) is 0 Å². The number of rotatable bonds is 8. The van der Waals surface area contributed by atoms with Crippen LogP contribution in [0, 0.1) is 0 Å². The van der Waals surface area contributed by atoms with Crippen LogP contribution in [0.4, 0.5) is 17.1 Å². The molecule has 0 saturated heterocycles. The summed E-state index contributed by atoms with van der Waals surface area (Å²) in [5.41, 5.74) is 17.8. The third kappa shape index (κ3) is 6.59. The van der Waals surface area contributed by atoms with E-state index in [1.165, 1.54) is 54.8 Å². The third-order valence-electron chi connectivity index (χ3n) is 13.4. The Morgan fingerprint density at radius 2 is 0.776 bits per heavy atom. The fourth-order valence-electron chi connectivity index (χ4n) is 10.2. The molecule has 67 heavy (non-hydrogen) atoms. The van der Waals surface area contributed by atoms with Gasteiger partial charge in [0.1, 0.15) is 11.2 Å². The lowest BCUT2D eigenvalue weighted by atomic mass is 9.96. The van der Waals surface area contributed by atoms with E-state index >= 15 is 0 Å². The van der Waals surface area contributed by atoms with Gasteiger partial charge in [0.25, 0.3) is 0 Å². The molecule has 0 amide bonds. The van der Waals surface area contributed by atoms with Gasteiger partial charge in [-0.15, -0.1) is 0 Å². The third-order valence-corrected chi connectivity index (χ3v) is 13.4. The van der Waals surface area contributed by atoms with Gasteiger partial charge in [-0.1, -0.05) is 188 Å². The number of benzene rings is 11. The molecule has 0 fully saturated rings. The van der Waals surface area contributed by atoms with Crippen LogP contribution in [-0.4, -0.2) is 4.57 Å². The van der Waals surface area contributed by atoms with E-state index in [-0.39, 0.29) is 0 Å². The van der Waals surface area contributed by atoms with Crippen LogP contribution in [0.3, 0.4) is 0 Å². The van der Waals surface area contributed by atoms with Gasteiger partial charge in [0, 0.05) is 44.0 Å². The summed E-state index contributed by atoms with van der Waals surface area (Å²) in [6, 6.07) is 91.9. The summed E-state index contributed by atoms with van der Waals surface area (Å²) in [5.74, 6) is 0. The maximum absolute atomic E-state index is 6.41. The van der Waals surface area contributed by atoms with Gasteiger partial charge in [-0.2, -0.15) is 0 Å². The highest BCUT2D eigenvalue weighted by Gasteiger charge is 2.20. The largest absolute Gasteiger partial charge is 0.456 e. The summed E-state index contributed by atoms with van der Waals surface area (Å²) in [7, 11) is 0. The Morgan fingerprint density at radius 1 is 0.299 bits per heavy atom. The molecular weight excluding hydrogens is 813 g/mol. The molecular formula is C64H42N2O. The first kappa shape index (κ1) is 38.5. The van der Waals surface area contributed by atoms with Gasteiger partial charge in [0.05, 0.1) is 22.4 Å². The van der Waals surface area contributed by atoms with Crippen LogP contribution >= 0.6 is 0 Å². The highest BCUT2D eigenvalue weighted by molar-refractivity contribution is 6.10. The fraction of sp³-hybridized carbons (Fsp3) is 0. The van der Waals surface area contributed by atoms with Crippen LogP contribution < -0.4 is 4.90 Å². The predicted octanol–water partition coefficient (Wildman–Crippen LogP) is 18.0. The van der Waals surface area contributed by atoms with Gasteiger partial charge in [0.15, 0.2) is 0 Å². The van der Waals surface area contributed by atoms with E-state index in [1.807, 2.05) is 12.1 Å². The number of hydrogen-bond donors (Lipinski definition) is 0. The van der Waals surface area contributed by atoms with Crippen molar-refractivity contribution in [2.75, 3.05) is 4.90 Å². The standard InChI is InChI=1S/C64H42N2O/c1-2-16-51-45(14-1)15-13-22-52(51)46-30-28-43(29-31-46)44-32-37-49(38-33-44)65(59-23-8-4-18-54(59)48-36-41-58-57-21-7-12-27-63(57)67-64(58)42-48)50-39-34-47(35-40-50)53-17-3-9-24-60(53)66-61-25-10-5-19-55(61)56-20-6-11-26-62(56)66/h1-42H. The van der Waals surface area contributed by atoms with Crippen LogP contribution in [0.1, 0.15) is 0 Å². The summed E-state index contributed by atoms with van der Waals surface area (Å²) in [6.07, 6.45) is 0. The highest BCUT2D eigenvalue weighted by Crippen LogP contribution is 2.44. The number of furan rings is 1. The molecule has 0 unspecified atom stereocenters. The monoisotopic (exact) mass is 854 g/mol. The van der Waals surface area contributed by atoms with Crippen molar-refractivity contribution in [3.05, 3.63) is 255 Å². The summed E-state index contributed by atoms with van der Waals surface area (Å²) in [6.45, 7) is 0. The van der Waals surface area contributed by atoms with Crippen LogP contribution in [0.2, 0.25) is 0 Å². The van der Waals surface area contributed by atoms with E-state index in [0.717, 1.165) is 66.9 Å². The Labute approximate surface area is 388 Å². The smallest absolute Gasteiger partial charge is 0.136 e. The van der Waals surface area contributed by atoms with Gasteiger partial charge < -0.3 is 13.9 Å². The Balaban J connectivity index is 0.912. The van der Waals surface area contributed by atoms with Gasteiger partial charge in [-0.05, 0) is 111 Å². The second-order valence-corrected chi connectivity index (χ2v) is 17.2. The second-order valence-electron chi connectivity index (χ2n) is 17.2. The highest BCUT2D eigenvalue weighted by atomic mass is 16.3. The maximum Gasteiger partial charge on any atom is 0.136 e. The molecule has 2 heterocycles. The molecule has 0 aliphatic carbocycles. The topological polar surface area (TPSA) is 21.3 Å². The molecule has 314 valence electrons. The van der Waals surface area contributed by atoms with Crippen LogP contribution in [-0.2, 0) is 0 Å². The van der Waals surface area contributed by atoms with E-state index in [2.05, 4.69) is 252 Å². The van der Waals surface area contributed by atoms with E-state index in [4.69, 9.17) is 4.42 Å². The zero-order chi connectivity index (χ0) is 44.3. The molecule has 0 bridgehead atoms. The molecule has 3 heteroatoms. The summed E-state index contributed by atoms with van der Waals surface area (Å²) in [4.78, 5) is 2.38. The molecule has 0 radical (unpaired) electrons. The van der Waals surface area contributed by atoms with Crippen molar-refractivity contribution in [1.29, 1.82) is 0 Å². The Bertz CT molecular complexity index is 3910. The minimum Gasteiger partial charge on any atom is -0.456 e. The van der Waals surface area contributed by atoms with Crippen molar-refractivity contribution >= 4 is 71.6 Å². The average Bonchev–Trinajstić information content (AvgIpc) is 3.95. The number of anilines is 3. The van der Waals surface area contributed by atoms with Crippen molar-refractivity contribution in [3.63, 3.8) is 0 Å². The van der Waals surface area contributed by atoms with Crippen LogP contribution in [0.15, 0.2) is 259 Å². The SMILES string of the molecule is c1ccc(N(c2ccc(-c3ccc(-c4cccc5ccccc45)cc3)cc2)c2ccc(-c3ccccc3-n3c4ccccc4c4ccccc43)cc2)c(-c2ccc3c(c2)oc2ccccc23)c1. The van der Waals surface area contributed by atoms with Gasteiger partial charge >= 0.3 is 0 Å². The predicted molar refractivity (Wildman–Crippen MR) is 282 cm³/mol. The minimum absolute atomic E-state index is 0.877. The van der Waals surface area contributed by atoms with Crippen LogP contribution in [0.5, 0.6) is 0 Å². The molecule has 0 spiro atoms. The summed E-state index contributed by atoms with van der Waals surface area (Å²) >= 11 is 0. The quantitative estimate of drug-likeness (QED) is 0.152. The van der Waals surface area contributed by atoms with Gasteiger partial charge in [-0.25, -0.2) is 0 Å². The molecule has 2 aromatic heterocycles. The molecule has 0 atom stereocenters. The fourth-order valence-corrected chi connectivity index (χ4v) is 10.2. The first-order valence-corrected chi connectivity index (χ1v) is 22.9. The minimum atomic E-state index is 0.877. The Kier molecular flexibility index (Phi) is 9.17. The molecule has 0 N–H and O–H groups in total. The molecule has 13 aromatic rings. The summed E-state index contributed by atoms with van der Waals surface area (Å²) in [5, 5.41) is 7.26. The van der Waals surface area contributed by atoms with Crippen molar-refractivity contribution < 1.29 is 4.42 Å². The lowest BCUT2D eigenvalue weighted by Crippen LogP contribution is -2.11. The summed E-state index contributed by atoms with van der Waals surface area (Å²) < 4.78 is 8.83. The van der Waals surface area contributed by atoms with Crippen molar-refractivity contribution in [2.24, 2.45) is 0 Å². The normalized spacial score (nSPS) is 11.6. The van der Waals surface area contributed by atoms with Crippen molar-refractivity contribution in [1.82, 2.24) is 4.57 Å². The first-order chi connectivity index (χ1) is 33.2. The number of hydrogen-bond acceptors (Lipinski definition) is 2. The maximum atomic E-state index is 6.41. The van der Waals surface area contributed by atoms with Crippen molar-refractivity contribution in [2.45, 2.75) is 0 Å². The van der Waals surface area contributed by atoms with Gasteiger partial charge in [0.2, 0.25) is 0 Å². The molecule has 13 rings (SSSR count). The molecule has 3 nitrogen and oxygen atoms in total. The van der Waals surface area contributed by atoms with Crippen LogP contribution in [0.25, 0.3) is 105 Å². The lowest BCUT2D eigenvalue weighted by molar-refractivity contribution is 0.669. The first-order valence-electron chi connectivity index (χ1n) is 22.9. The van der Waals surface area contributed by atoms with Crippen molar-refractivity contribution in [3.8, 4) is 50.2 Å². The molecule has 0 saturated carbocycles. The van der Waals surface area contributed by atoms with E-state index < -0.39 is 0 Å². The zero-order valence-corrected chi connectivity index (χ0v) is 36.6. The number of nitrogens with zero attached hydrogens (tertiary/aromatic N) is 2.